The molecule has 0 atom stereocenters. The molecule has 1 fully saturated rings. The van der Waals surface area contributed by atoms with Gasteiger partial charge in [0.05, 0.1) is 11.4 Å². The minimum absolute atomic E-state index is 0.0850. The largest absolute Gasteiger partial charge is 0.337 e. The minimum atomic E-state index is -0.504. The zero-order valence-corrected chi connectivity index (χ0v) is 20.2. The first kappa shape index (κ1) is 24.1. The Kier molecular flexibility index (Phi) is 7.72. The third kappa shape index (κ3) is 5.88. The average Bonchev–Trinajstić information content (AvgIpc) is 3.29. The molecule has 2 amide bonds. The smallest absolute Gasteiger partial charge is 0.246 e. The van der Waals surface area contributed by atoms with Gasteiger partial charge in [-0.3, -0.25) is 19.4 Å². The van der Waals surface area contributed by atoms with Crippen LogP contribution >= 0.6 is 22.9 Å². The molecule has 1 aliphatic heterocycles. The van der Waals surface area contributed by atoms with Gasteiger partial charge in [0.25, 0.3) is 0 Å². The summed E-state index contributed by atoms with van der Waals surface area (Å²) in [6, 6.07) is 13.9. The van der Waals surface area contributed by atoms with Gasteiger partial charge in [-0.05, 0) is 35.9 Å². The lowest BCUT2D eigenvalue weighted by Crippen LogP contribution is -2.47. The molecule has 34 heavy (non-hydrogen) atoms. The van der Waals surface area contributed by atoms with E-state index in [4.69, 9.17) is 11.6 Å². The van der Waals surface area contributed by atoms with E-state index >= 15 is 0 Å². The second kappa shape index (κ2) is 10.9. The summed E-state index contributed by atoms with van der Waals surface area (Å²) in [6.07, 6.45) is 3.12. The zero-order valence-electron chi connectivity index (χ0n) is 18.7. The molecule has 0 saturated carbocycles. The van der Waals surface area contributed by atoms with Crippen LogP contribution in [0.5, 0.6) is 0 Å². The van der Waals surface area contributed by atoms with Gasteiger partial charge in [0.15, 0.2) is 5.13 Å². The molecule has 1 saturated heterocycles. The summed E-state index contributed by atoms with van der Waals surface area (Å²) in [5, 5.41) is 2.81. The molecule has 0 radical (unpaired) electrons. The SMILES string of the molecule is CC(=O)N(c1nc(/C=C/C(=O)N2CCN(Cc3ccc(Cl)cc3)CC2)cs1)c1ccccc1F. The van der Waals surface area contributed by atoms with E-state index in [1.54, 1.807) is 23.6 Å². The standard InChI is InChI=1S/C25H24ClFN4O2S/c1-18(32)31(23-5-3-2-4-22(23)27)25-28-21(17-34-25)10-11-24(33)30-14-12-29(13-15-30)16-19-6-8-20(26)9-7-19/h2-11,17H,12-16H2,1H3/b11-10+. The van der Waals surface area contributed by atoms with Gasteiger partial charge in [0.2, 0.25) is 11.8 Å². The number of carbonyl (C=O) groups excluding carboxylic acids is 2. The number of aromatic nitrogens is 1. The molecule has 2 heterocycles. The van der Waals surface area contributed by atoms with E-state index < -0.39 is 5.82 Å². The number of hydrogen-bond donors (Lipinski definition) is 0. The fourth-order valence-electron chi connectivity index (χ4n) is 3.73. The second-order valence-corrected chi connectivity index (χ2v) is 9.20. The van der Waals surface area contributed by atoms with Crippen LogP contribution in [0.2, 0.25) is 5.02 Å². The van der Waals surface area contributed by atoms with Crippen molar-refractivity contribution in [2.75, 3.05) is 31.1 Å². The van der Waals surface area contributed by atoms with Gasteiger partial charge >= 0.3 is 0 Å². The van der Waals surface area contributed by atoms with Gasteiger partial charge in [0, 0.05) is 56.1 Å². The number of rotatable bonds is 6. The van der Waals surface area contributed by atoms with Crippen LogP contribution in [0.1, 0.15) is 18.2 Å². The van der Waals surface area contributed by atoms with E-state index in [-0.39, 0.29) is 17.5 Å². The highest BCUT2D eigenvalue weighted by Crippen LogP contribution is 2.31. The number of anilines is 2. The van der Waals surface area contributed by atoms with Gasteiger partial charge in [-0.2, -0.15) is 0 Å². The van der Waals surface area contributed by atoms with Crippen molar-refractivity contribution in [1.82, 2.24) is 14.8 Å². The van der Waals surface area contributed by atoms with Crippen molar-refractivity contribution in [3.8, 4) is 0 Å². The van der Waals surface area contributed by atoms with Crippen molar-refractivity contribution < 1.29 is 14.0 Å². The number of hydrogen-bond acceptors (Lipinski definition) is 5. The van der Waals surface area contributed by atoms with Crippen LogP contribution < -0.4 is 4.90 Å². The quantitative estimate of drug-likeness (QED) is 0.450. The molecule has 0 bridgehead atoms. The Balaban J connectivity index is 1.34. The summed E-state index contributed by atoms with van der Waals surface area (Å²) in [5.74, 6) is -0.934. The van der Waals surface area contributed by atoms with Gasteiger partial charge in [-0.25, -0.2) is 9.37 Å². The summed E-state index contributed by atoms with van der Waals surface area (Å²) in [7, 11) is 0. The van der Waals surface area contributed by atoms with Crippen LogP contribution in [0, 0.1) is 5.82 Å². The Morgan fingerprint density at radius 2 is 1.82 bits per heavy atom. The summed E-state index contributed by atoms with van der Waals surface area (Å²) in [5.41, 5.74) is 1.88. The van der Waals surface area contributed by atoms with Crippen LogP contribution in [-0.4, -0.2) is 52.8 Å². The first-order chi connectivity index (χ1) is 16.4. The first-order valence-corrected chi connectivity index (χ1v) is 12.1. The molecule has 1 aliphatic rings. The van der Waals surface area contributed by atoms with Crippen molar-refractivity contribution in [3.63, 3.8) is 0 Å². The zero-order chi connectivity index (χ0) is 24.1. The van der Waals surface area contributed by atoms with Crippen LogP contribution in [0.3, 0.4) is 0 Å². The lowest BCUT2D eigenvalue weighted by molar-refractivity contribution is -0.127. The Bertz CT molecular complexity index is 1190. The molecule has 0 unspecified atom stereocenters. The molecular weight excluding hydrogens is 475 g/mol. The Labute approximate surface area is 206 Å². The van der Waals surface area contributed by atoms with Crippen molar-refractivity contribution >= 4 is 51.6 Å². The average molecular weight is 499 g/mol. The van der Waals surface area contributed by atoms with Crippen LogP contribution in [0.25, 0.3) is 6.08 Å². The van der Waals surface area contributed by atoms with Crippen molar-refractivity contribution in [2.45, 2.75) is 13.5 Å². The highest BCUT2D eigenvalue weighted by Gasteiger charge is 2.22. The fraction of sp³-hybridized carbons (Fsp3) is 0.240. The van der Waals surface area contributed by atoms with Crippen molar-refractivity contribution in [3.05, 3.63) is 82.1 Å². The van der Waals surface area contributed by atoms with Gasteiger partial charge in [-0.15, -0.1) is 11.3 Å². The van der Waals surface area contributed by atoms with Gasteiger partial charge < -0.3 is 4.90 Å². The monoisotopic (exact) mass is 498 g/mol. The third-order valence-corrected chi connectivity index (χ3v) is 6.61. The Hall–Kier alpha value is -3.07. The molecule has 0 aliphatic carbocycles. The highest BCUT2D eigenvalue weighted by molar-refractivity contribution is 7.14. The van der Waals surface area contributed by atoms with E-state index in [1.165, 1.54) is 46.9 Å². The molecule has 0 spiro atoms. The van der Waals surface area contributed by atoms with Crippen molar-refractivity contribution in [1.29, 1.82) is 0 Å². The second-order valence-electron chi connectivity index (χ2n) is 7.92. The molecule has 0 N–H and O–H groups in total. The predicted octanol–water partition coefficient (Wildman–Crippen LogP) is 4.98. The molecular formula is C25H24ClFN4O2S. The van der Waals surface area contributed by atoms with Gasteiger partial charge in [-0.1, -0.05) is 35.9 Å². The number of para-hydroxylation sites is 1. The number of benzene rings is 2. The molecule has 3 aromatic rings. The fourth-order valence-corrected chi connectivity index (χ4v) is 4.71. The number of thiazole rings is 1. The molecule has 1 aromatic heterocycles. The first-order valence-electron chi connectivity index (χ1n) is 10.9. The van der Waals surface area contributed by atoms with Crippen LogP contribution in [-0.2, 0) is 16.1 Å². The summed E-state index contributed by atoms with van der Waals surface area (Å²) >= 11 is 7.16. The maximum absolute atomic E-state index is 14.2. The van der Waals surface area contributed by atoms with E-state index in [9.17, 15) is 14.0 Å². The van der Waals surface area contributed by atoms with E-state index in [2.05, 4.69) is 9.88 Å². The van der Waals surface area contributed by atoms with Crippen molar-refractivity contribution in [2.24, 2.45) is 0 Å². The molecule has 2 aromatic carbocycles. The third-order valence-electron chi connectivity index (χ3n) is 5.51. The molecule has 4 rings (SSSR count). The molecule has 6 nitrogen and oxygen atoms in total. The minimum Gasteiger partial charge on any atom is -0.337 e. The topological polar surface area (TPSA) is 56.8 Å². The predicted molar refractivity (Wildman–Crippen MR) is 134 cm³/mol. The normalized spacial score (nSPS) is 14.5. The summed E-state index contributed by atoms with van der Waals surface area (Å²) in [4.78, 5) is 34.6. The number of nitrogens with zero attached hydrogens (tertiary/aromatic N) is 4. The van der Waals surface area contributed by atoms with E-state index in [1.807, 2.05) is 29.2 Å². The summed E-state index contributed by atoms with van der Waals surface area (Å²) < 4.78 is 14.2. The Morgan fingerprint density at radius 1 is 1.12 bits per heavy atom. The lowest BCUT2D eigenvalue weighted by Gasteiger charge is -2.34. The number of amides is 2. The van der Waals surface area contributed by atoms with E-state index in [0.29, 0.717) is 23.9 Å². The molecule has 176 valence electrons. The number of piperazine rings is 1. The highest BCUT2D eigenvalue weighted by atomic mass is 35.5. The van der Waals surface area contributed by atoms with E-state index in [0.717, 1.165) is 24.7 Å². The number of carbonyl (C=O) groups is 2. The van der Waals surface area contributed by atoms with Crippen LogP contribution in [0.4, 0.5) is 15.2 Å². The molecule has 9 heteroatoms. The maximum atomic E-state index is 14.2. The maximum Gasteiger partial charge on any atom is 0.246 e. The lowest BCUT2D eigenvalue weighted by atomic mass is 10.2. The number of halogens is 2. The van der Waals surface area contributed by atoms with Gasteiger partial charge in [0.1, 0.15) is 5.82 Å². The van der Waals surface area contributed by atoms with Crippen LogP contribution in [0.15, 0.2) is 60.0 Å². The summed E-state index contributed by atoms with van der Waals surface area (Å²) in [6.45, 7) is 5.05. The Morgan fingerprint density at radius 3 is 2.50 bits per heavy atom.